The molecule has 1 amide bonds. The molecule has 0 saturated heterocycles. The Balaban J connectivity index is 1.53. The van der Waals surface area contributed by atoms with Crippen molar-refractivity contribution in [3.63, 3.8) is 0 Å². The average molecular weight is 450 g/mol. The Morgan fingerprint density at radius 3 is 2.82 bits per heavy atom. The number of aliphatic carboxylic acids is 1. The number of rotatable bonds is 7. The van der Waals surface area contributed by atoms with Gasteiger partial charge in [0, 0.05) is 24.1 Å². The van der Waals surface area contributed by atoms with Crippen molar-refractivity contribution in [3.05, 3.63) is 58.9 Å². The van der Waals surface area contributed by atoms with E-state index in [0.717, 1.165) is 11.1 Å². The molecule has 9 heteroatoms. The summed E-state index contributed by atoms with van der Waals surface area (Å²) in [5.41, 5.74) is 6.34. The van der Waals surface area contributed by atoms with Crippen LogP contribution in [-0.4, -0.2) is 45.1 Å². The Labute approximate surface area is 189 Å². The fourth-order valence-electron chi connectivity index (χ4n) is 3.91. The number of hydrogen-bond acceptors (Lipinski definition) is 6. The monoisotopic (exact) mass is 450 g/mol. The van der Waals surface area contributed by atoms with E-state index in [2.05, 4.69) is 15.6 Å². The van der Waals surface area contributed by atoms with E-state index in [0.29, 0.717) is 35.4 Å². The number of carbonyl (C=O) groups is 2. The van der Waals surface area contributed by atoms with Gasteiger partial charge < -0.3 is 10.2 Å². The summed E-state index contributed by atoms with van der Waals surface area (Å²) in [5.74, 6) is -1.73. The van der Waals surface area contributed by atoms with Crippen molar-refractivity contribution in [2.45, 2.75) is 32.6 Å². The molecule has 1 aliphatic heterocycles. The van der Waals surface area contributed by atoms with E-state index in [9.17, 15) is 19.1 Å². The summed E-state index contributed by atoms with van der Waals surface area (Å²) >= 11 is 0. The fraction of sp³-hybridized carbons (Fsp3) is 0.250. The Morgan fingerprint density at radius 1 is 1.24 bits per heavy atom. The second-order valence-electron chi connectivity index (χ2n) is 7.87. The van der Waals surface area contributed by atoms with Crippen LogP contribution in [-0.2, 0) is 16.0 Å². The molecule has 0 fully saturated rings. The van der Waals surface area contributed by atoms with Crippen LogP contribution in [0.1, 0.15) is 42.9 Å². The molecule has 170 valence electrons. The number of hydrazone groups is 2. The summed E-state index contributed by atoms with van der Waals surface area (Å²) < 4.78 is 14.2. The average Bonchev–Trinajstić information content (AvgIpc) is 3.05. The molecule has 2 aromatic carbocycles. The van der Waals surface area contributed by atoms with Crippen LogP contribution in [0.5, 0.6) is 5.75 Å². The van der Waals surface area contributed by atoms with Crippen molar-refractivity contribution in [2.75, 3.05) is 12.0 Å². The number of fused-ring (bicyclic) bond motifs is 1. The summed E-state index contributed by atoms with van der Waals surface area (Å²) in [6, 6.07) is 10.1. The van der Waals surface area contributed by atoms with Crippen LogP contribution in [0.15, 0.2) is 46.6 Å². The molecule has 4 rings (SSSR count). The molecule has 1 aliphatic carbocycles. The lowest BCUT2D eigenvalue weighted by molar-refractivity contribution is -0.137. The van der Waals surface area contributed by atoms with E-state index in [-0.39, 0.29) is 36.7 Å². The van der Waals surface area contributed by atoms with Crippen LogP contribution in [0.3, 0.4) is 0 Å². The van der Waals surface area contributed by atoms with Gasteiger partial charge in [-0.3, -0.25) is 15.0 Å². The van der Waals surface area contributed by atoms with E-state index in [1.165, 1.54) is 11.1 Å². The molecule has 0 spiro atoms. The number of hydrogen-bond donors (Lipinski definition) is 3. The van der Waals surface area contributed by atoms with Crippen LogP contribution in [0.25, 0.3) is 11.6 Å². The molecular weight excluding hydrogens is 427 g/mol. The van der Waals surface area contributed by atoms with Crippen LogP contribution < -0.4 is 5.43 Å². The van der Waals surface area contributed by atoms with Gasteiger partial charge in [-0.25, -0.2) is 9.40 Å². The summed E-state index contributed by atoms with van der Waals surface area (Å²) in [6.07, 6.45) is 3.29. The van der Waals surface area contributed by atoms with Gasteiger partial charge in [-0.1, -0.05) is 24.3 Å². The van der Waals surface area contributed by atoms with Crippen molar-refractivity contribution in [1.82, 2.24) is 5.01 Å². The smallest absolute Gasteiger partial charge is 0.303 e. The molecule has 0 atom stereocenters. The largest absolute Gasteiger partial charge is 0.505 e. The third-order valence-corrected chi connectivity index (χ3v) is 5.61. The minimum Gasteiger partial charge on any atom is -0.505 e. The van der Waals surface area contributed by atoms with Crippen LogP contribution >= 0.6 is 0 Å². The molecule has 3 N–H and O–H groups in total. The molecule has 0 aromatic heterocycles. The van der Waals surface area contributed by atoms with E-state index in [4.69, 9.17) is 5.11 Å². The normalized spacial score (nSPS) is 16.5. The number of nitrogens with zero attached hydrogens (tertiary/aromatic N) is 3. The van der Waals surface area contributed by atoms with Crippen molar-refractivity contribution in [2.24, 2.45) is 10.2 Å². The SMILES string of the molecule is CC1=NN(CCCC(=O)O)C(=O)/C1=N\Nc1cccc(C2=Cc3c(F)cccc3CC2)c1O. The number of benzene rings is 2. The molecule has 33 heavy (non-hydrogen) atoms. The van der Waals surface area contributed by atoms with Gasteiger partial charge in [0.25, 0.3) is 5.91 Å². The lowest BCUT2D eigenvalue weighted by Gasteiger charge is -2.19. The molecule has 2 aromatic rings. The Hall–Kier alpha value is -4.01. The van der Waals surface area contributed by atoms with E-state index in [1.807, 2.05) is 6.07 Å². The first kappa shape index (κ1) is 22.2. The van der Waals surface area contributed by atoms with Gasteiger partial charge in [-0.2, -0.15) is 10.2 Å². The summed E-state index contributed by atoms with van der Waals surface area (Å²) in [6.45, 7) is 1.80. The topological polar surface area (TPSA) is 115 Å². The van der Waals surface area contributed by atoms with Crippen LogP contribution in [0.4, 0.5) is 10.1 Å². The standard InChI is InChI=1S/C24H23FN4O4/c1-14-22(24(33)29(28-14)12-4-9-21(30)31)27-26-20-8-3-6-17(23(20)32)16-11-10-15-5-2-7-19(25)18(15)13-16/h2-3,5-8,13,26,32H,4,9-12H2,1H3,(H,30,31)/b27-22-. The summed E-state index contributed by atoms with van der Waals surface area (Å²) in [7, 11) is 0. The van der Waals surface area contributed by atoms with Gasteiger partial charge in [-0.15, -0.1) is 0 Å². The Bertz CT molecular complexity index is 1220. The van der Waals surface area contributed by atoms with Gasteiger partial charge >= 0.3 is 5.97 Å². The maximum absolute atomic E-state index is 14.2. The van der Waals surface area contributed by atoms with Gasteiger partial charge in [0.05, 0.1) is 11.4 Å². The molecule has 1 heterocycles. The Kier molecular flexibility index (Phi) is 6.21. The highest BCUT2D eigenvalue weighted by atomic mass is 19.1. The number of carbonyl (C=O) groups excluding carboxylic acids is 1. The first-order valence-corrected chi connectivity index (χ1v) is 10.6. The molecule has 0 unspecified atom stereocenters. The van der Waals surface area contributed by atoms with Gasteiger partial charge in [0.15, 0.2) is 5.71 Å². The van der Waals surface area contributed by atoms with Gasteiger partial charge in [0.1, 0.15) is 11.6 Å². The zero-order valence-corrected chi connectivity index (χ0v) is 18.0. The lowest BCUT2D eigenvalue weighted by atomic mass is 9.88. The van der Waals surface area contributed by atoms with Gasteiger partial charge in [0.2, 0.25) is 0 Å². The maximum Gasteiger partial charge on any atom is 0.303 e. The number of phenolic OH excluding ortho intramolecular Hbond substituents is 1. The summed E-state index contributed by atoms with van der Waals surface area (Å²) in [4.78, 5) is 23.2. The zero-order valence-electron chi connectivity index (χ0n) is 18.0. The third-order valence-electron chi connectivity index (χ3n) is 5.61. The molecule has 2 aliphatic rings. The number of anilines is 1. The van der Waals surface area contributed by atoms with Crippen LogP contribution in [0, 0.1) is 5.82 Å². The van der Waals surface area contributed by atoms with Crippen molar-refractivity contribution >= 4 is 40.6 Å². The number of allylic oxidation sites excluding steroid dienone is 1. The second kappa shape index (κ2) is 9.23. The van der Waals surface area contributed by atoms with Crippen molar-refractivity contribution in [1.29, 1.82) is 0 Å². The highest BCUT2D eigenvalue weighted by molar-refractivity contribution is 6.68. The molecule has 0 radical (unpaired) electrons. The van der Waals surface area contributed by atoms with E-state index >= 15 is 0 Å². The number of phenols is 1. The molecule has 8 nitrogen and oxygen atoms in total. The molecule has 0 bridgehead atoms. The number of amides is 1. The van der Waals surface area contributed by atoms with Crippen molar-refractivity contribution in [3.8, 4) is 5.75 Å². The Morgan fingerprint density at radius 2 is 2.03 bits per heavy atom. The lowest BCUT2D eigenvalue weighted by Crippen LogP contribution is -2.29. The number of carboxylic acids is 1. The predicted octanol–water partition coefficient (Wildman–Crippen LogP) is 3.87. The van der Waals surface area contributed by atoms with E-state index in [1.54, 1.807) is 37.3 Å². The zero-order chi connectivity index (χ0) is 23.5. The molecule has 0 saturated carbocycles. The minimum atomic E-state index is -0.937. The predicted molar refractivity (Wildman–Crippen MR) is 123 cm³/mol. The fourth-order valence-corrected chi connectivity index (χ4v) is 3.91. The quantitative estimate of drug-likeness (QED) is 0.438. The number of nitrogens with one attached hydrogen (secondary N) is 1. The number of aromatic hydroxyl groups is 1. The van der Waals surface area contributed by atoms with E-state index < -0.39 is 11.9 Å². The number of aryl methyl sites for hydroxylation is 1. The summed E-state index contributed by atoms with van der Waals surface area (Å²) in [5, 5.41) is 29.0. The maximum atomic E-state index is 14.2. The second-order valence-corrected chi connectivity index (χ2v) is 7.87. The first-order chi connectivity index (χ1) is 15.8. The third kappa shape index (κ3) is 4.62. The minimum absolute atomic E-state index is 0.0498. The molecular formula is C24H23FN4O4. The first-order valence-electron chi connectivity index (χ1n) is 10.6. The van der Waals surface area contributed by atoms with Crippen molar-refractivity contribution < 1.29 is 24.2 Å². The van der Waals surface area contributed by atoms with Gasteiger partial charge in [-0.05, 0) is 55.5 Å². The number of para-hydroxylation sites is 1. The van der Waals surface area contributed by atoms with Crippen LogP contribution in [0.2, 0.25) is 0 Å². The number of halogens is 1. The highest BCUT2D eigenvalue weighted by Gasteiger charge is 2.29. The highest BCUT2D eigenvalue weighted by Crippen LogP contribution is 2.38. The number of carboxylic acid groups (broad SMARTS) is 1.